The van der Waals surface area contributed by atoms with Crippen molar-refractivity contribution in [3.05, 3.63) is 74.4 Å². The lowest BCUT2D eigenvalue weighted by atomic mass is 10.00. The number of ether oxygens (including phenoxy) is 1. The zero-order chi connectivity index (χ0) is 24.1. The van der Waals surface area contributed by atoms with Crippen molar-refractivity contribution in [1.29, 1.82) is 0 Å². The van der Waals surface area contributed by atoms with Crippen molar-refractivity contribution in [2.24, 2.45) is 5.92 Å². The van der Waals surface area contributed by atoms with Gasteiger partial charge in [0.15, 0.2) is 0 Å². The molecule has 0 saturated heterocycles. The summed E-state index contributed by atoms with van der Waals surface area (Å²) >= 11 is 3.08. The molecule has 0 unspecified atom stereocenters. The fraction of sp³-hybridized carbons (Fsp3) is 0.385. The smallest absolute Gasteiger partial charge is 0.264 e. The van der Waals surface area contributed by atoms with E-state index in [9.17, 15) is 14.0 Å². The predicted molar refractivity (Wildman–Crippen MR) is 134 cm³/mol. The zero-order valence-electron chi connectivity index (χ0n) is 19.4. The molecule has 0 bridgehead atoms. The normalized spacial score (nSPS) is 16.1. The molecule has 0 spiro atoms. The lowest BCUT2D eigenvalue weighted by Crippen LogP contribution is -2.48. The van der Waals surface area contributed by atoms with Gasteiger partial charge in [-0.15, -0.1) is 22.7 Å². The predicted octanol–water partition coefficient (Wildman–Crippen LogP) is 5.64. The van der Waals surface area contributed by atoms with Gasteiger partial charge in [-0.2, -0.15) is 0 Å². The van der Waals surface area contributed by atoms with Crippen molar-refractivity contribution in [1.82, 2.24) is 9.80 Å². The number of amides is 2. The summed E-state index contributed by atoms with van der Waals surface area (Å²) < 4.78 is 19.2. The van der Waals surface area contributed by atoms with Crippen LogP contribution in [-0.2, 0) is 11.2 Å². The van der Waals surface area contributed by atoms with Crippen LogP contribution in [0.1, 0.15) is 46.4 Å². The van der Waals surface area contributed by atoms with Gasteiger partial charge in [-0.3, -0.25) is 9.59 Å². The number of thiophene rings is 2. The number of hydrogen-bond donors (Lipinski definition) is 0. The van der Waals surface area contributed by atoms with Gasteiger partial charge in [0.2, 0.25) is 5.91 Å². The van der Waals surface area contributed by atoms with Crippen LogP contribution in [0.4, 0.5) is 4.39 Å². The van der Waals surface area contributed by atoms with Crippen LogP contribution in [0.25, 0.3) is 0 Å². The van der Waals surface area contributed by atoms with E-state index in [-0.39, 0.29) is 36.8 Å². The highest BCUT2D eigenvalue weighted by atomic mass is 32.1. The molecule has 4 rings (SSSR count). The third kappa shape index (κ3) is 5.67. The molecule has 0 aliphatic carbocycles. The Labute approximate surface area is 207 Å². The third-order valence-corrected chi connectivity index (χ3v) is 8.07. The number of carbonyl (C=O) groups excluding carboxylic acids is 2. The number of hydrogen-bond acceptors (Lipinski definition) is 5. The molecule has 1 aliphatic heterocycles. The highest BCUT2D eigenvalue weighted by Crippen LogP contribution is 2.34. The van der Waals surface area contributed by atoms with E-state index in [0.717, 1.165) is 18.4 Å². The molecular formula is C26H29FN2O3S2. The maximum absolute atomic E-state index is 13.6. The third-order valence-electron chi connectivity index (χ3n) is 6.21. The molecule has 1 aromatic carbocycles. The Morgan fingerprint density at radius 2 is 1.97 bits per heavy atom. The van der Waals surface area contributed by atoms with Crippen LogP contribution in [0.2, 0.25) is 0 Å². The Morgan fingerprint density at radius 3 is 2.68 bits per heavy atom. The molecule has 0 radical (unpaired) electrons. The Bertz CT molecular complexity index is 1100. The first-order chi connectivity index (χ1) is 16.5. The molecule has 5 nitrogen and oxygen atoms in total. The molecule has 3 aromatic rings. The SMILES string of the molecule is CC[C@@H](C)CN(CC(=O)N1CCc2sccc2[C@H]1COc1ccc(F)cc1)C(=O)c1cccs1. The van der Waals surface area contributed by atoms with Crippen LogP contribution in [-0.4, -0.2) is 47.9 Å². The Morgan fingerprint density at radius 1 is 1.18 bits per heavy atom. The second-order valence-corrected chi connectivity index (χ2v) is 10.5. The first-order valence-electron chi connectivity index (χ1n) is 11.5. The number of benzene rings is 1. The molecule has 8 heteroatoms. The number of carbonyl (C=O) groups is 2. The van der Waals surface area contributed by atoms with Crippen LogP contribution < -0.4 is 4.74 Å². The zero-order valence-corrected chi connectivity index (χ0v) is 21.0. The van der Waals surface area contributed by atoms with E-state index in [1.165, 1.54) is 28.3 Å². The average molecular weight is 501 g/mol. The van der Waals surface area contributed by atoms with E-state index in [0.29, 0.717) is 29.6 Å². The van der Waals surface area contributed by atoms with E-state index < -0.39 is 0 Å². The van der Waals surface area contributed by atoms with Crippen molar-refractivity contribution in [3.8, 4) is 5.75 Å². The second-order valence-electron chi connectivity index (χ2n) is 8.59. The summed E-state index contributed by atoms with van der Waals surface area (Å²) in [5.74, 6) is 0.342. The first-order valence-corrected chi connectivity index (χ1v) is 13.3. The molecule has 2 atom stereocenters. The lowest BCUT2D eigenvalue weighted by molar-refractivity contribution is -0.135. The Kier molecular flexibility index (Phi) is 8.00. The number of rotatable bonds is 9. The highest BCUT2D eigenvalue weighted by molar-refractivity contribution is 7.12. The van der Waals surface area contributed by atoms with Gasteiger partial charge >= 0.3 is 0 Å². The minimum absolute atomic E-state index is 0.0353. The highest BCUT2D eigenvalue weighted by Gasteiger charge is 2.34. The monoisotopic (exact) mass is 500 g/mol. The standard InChI is InChI=1S/C26H29FN2O3S2/c1-3-18(2)15-28(26(31)24-5-4-13-33-24)16-25(30)29-12-10-23-21(11-14-34-23)22(29)17-32-20-8-6-19(27)7-9-20/h4-9,11,13-14,18,22H,3,10,12,15-17H2,1-2H3/t18-,22-/m1/s1. The largest absolute Gasteiger partial charge is 0.491 e. The van der Waals surface area contributed by atoms with E-state index in [2.05, 4.69) is 13.8 Å². The van der Waals surface area contributed by atoms with Gasteiger partial charge < -0.3 is 14.5 Å². The molecule has 2 amide bonds. The van der Waals surface area contributed by atoms with Crippen LogP contribution in [0.5, 0.6) is 5.75 Å². The van der Waals surface area contributed by atoms with Gasteiger partial charge in [-0.25, -0.2) is 4.39 Å². The van der Waals surface area contributed by atoms with Gasteiger partial charge in [0.05, 0.1) is 10.9 Å². The fourth-order valence-electron chi connectivity index (χ4n) is 4.12. The summed E-state index contributed by atoms with van der Waals surface area (Å²) in [6.07, 6.45) is 1.72. The van der Waals surface area contributed by atoms with Crippen LogP contribution >= 0.6 is 22.7 Å². The van der Waals surface area contributed by atoms with Crippen molar-refractivity contribution < 1.29 is 18.7 Å². The number of halogens is 1. The van der Waals surface area contributed by atoms with Crippen molar-refractivity contribution in [2.45, 2.75) is 32.7 Å². The molecule has 0 N–H and O–H groups in total. The summed E-state index contributed by atoms with van der Waals surface area (Å²) in [5, 5.41) is 3.92. The van der Waals surface area contributed by atoms with Crippen molar-refractivity contribution >= 4 is 34.5 Å². The summed E-state index contributed by atoms with van der Waals surface area (Å²) in [6.45, 7) is 5.60. The van der Waals surface area contributed by atoms with Gasteiger partial charge in [0.25, 0.3) is 5.91 Å². The van der Waals surface area contributed by atoms with Crippen LogP contribution in [0.15, 0.2) is 53.2 Å². The minimum atomic E-state index is -0.321. The van der Waals surface area contributed by atoms with Crippen molar-refractivity contribution in [2.75, 3.05) is 26.2 Å². The summed E-state index contributed by atoms with van der Waals surface area (Å²) in [4.78, 5) is 32.2. The quantitative estimate of drug-likeness (QED) is 0.382. The van der Waals surface area contributed by atoms with Gasteiger partial charge in [0.1, 0.15) is 24.7 Å². The Balaban J connectivity index is 1.52. The van der Waals surface area contributed by atoms with Gasteiger partial charge in [-0.1, -0.05) is 26.3 Å². The van der Waals surface area contributed by atoms with E-state index >= 15 is 0 Å². The topological polar surface area (TPSA) is 49.9 Å². The van der Waals surface area contributed by atoms with Crippen LogP contribution in [0, 0.1) is 11.7 Å². The minimum Gasteiger partial charge on any atom is -0.491 e. The summed E-state index contributed by atoms with van der Waals surface area (Å²) in [6, 6.07) is 11.3. The molecule has 34 heavy (non-hydrogen) atoms. The van der Waals surface area contributed by atoms with Crippen LogP contribution in [0.3, 0.4) is 0 Å². The van der Waals surface area contributed by atoms with Gasteiger partial charge in [0, 0.05) is 18.0 Å². The van der Waals surface area contributed by atoms with Crippen molar-refractivity contribution in [3.63, 3.8) is 0 Å². The molecule has 180 valence electrons. The molecule has 0 saturated carbocycles. The summed E-state index contributed by atoms with van der Waals surface area (Å²) in [7, 11) is 0. The van der Waals surface area contributed by atoms with E-state index in [1.807, 2.05) is 27.8 Å². The van der Waals surface area contributed by atoms with E-state index in [4.69, 9.17) is 4.74 Å². The second kappa shape index (κ2) is 11.1. The lowest BCUT2D eigenvalue weighted by Gasteiger charge is -2.37. The maximum Gasteiger partial charge on any atom is 0.264 e. The fourth-order valence-corrected chi connectivity index (χ4v) is 5.73. The average Bonchev–Trinajstić information content (AvgIpc) is 3.54. The van der Waals surface area contributed by atoms with E-state index in [1.54, 1.807) is 34.4 Å². The molecule has 1 aliphatic rings. The molecule has 3 heterocycles. The number of nitrogens with zero attached hydrogens (tertiary/aromatic N) is 2. The number of fused-ring (bicyclic) bond motifs is 1. The summed E-state index contributed by atoms with van der Waals surface area (Å²) in [5.41, 5.74) is 1.09. The first kappa shape index (κ1) is 24.4. The maximum atomic E-state index is 13.6. The van der Waals surface area contributed by atoms with Gasteiger partial charge in [-0.05, 0) is 65.1 Å². The molecular weight excluding hydrogens is 471 g/mol. The molecule has 2 aromatic heterocycles. The Hall–Kier alpha value is -2.71. The molecule has 0 fully saturated rings.